The molecule has 2 aromatic carbocycles. The molecule has 1 aliphatic heterocycles. The van der Waals surface area contributed by atoms with Gasteiger partial charge >= 0.3 is 0 Å². The number of pyridine rings is 1. The average Bonchev–Trinajstić information content (AvgIpc) is 2.87. The number of aryl methyl sites for hydroxylation is 1. The molecule has 4 rings (SSSR count). The largest absolute Gasteiger partial charge is 0.489 e. The van der Waals surface area contributed by atoms with Crippen LogP contribution < -0.4 is 15.5 Å². The van der Waals surface area contributed by atoms with Crippen LogP contribution in [0.2, 0.25) is 0 Å². The SMILES string of the molecule is C=CCN1CC[C@H](C(=O)NO)[C@H](NC(=O)c2ccc(OCc3cc(C)nc4ccccc34)cc2)C1. The molecule has 2 atom stereocenters. The molecule has 1 fully saturated rings. The van der Waals surface area contributed by atoms with Gasteiger partial charge in [-0.25, -0.2) is 5.48 Å². The molecule has 0 unspecified atom stereocenters. The van der Waals surface area contributed by atoms with Crippen LogP contribution in [-0.2, 0) is 11.4 Å². The summed E-state index contributed by atoms with van der Waals surface area (Å²) in [7, 11) is 0. The molecule has 1 aromatic heterocycles. The van der Waals surface area contributed by atoms with Crippen molar-refractivity contribution < 1.29 is 19.5 Å². The molecule has 3 N–H and O–H groups in total. The van der Waals surface area contributed by atoms with E-state index in [1.807, 2.05) is 37.3 Å². The number of aromatic nitrogens is 1. The second-order valence-electron chi connectivity index (χ2n) is 8.75. The molecule has 0 aliphatic carbocycles. The monoisotopic (exact) mass is 474 g/mol. The van der Waals surface area contributed by atoms with Gasteiger partial charge in [-0.1, -0.05) is 24.3 Å². The number of para-hydroxylation sites is 1. The van der Waals surface area contributed by atoms with Gasteiger partial charge in [-0.2, -0.15) is 0 Å². The van der Waals surface area contributed by atoms with Gasteiger partial charge in [0.1, 0.15) is 12.4 Å². The minimum Gasteiger partial charge on any atom is -0.489 e. The number of carbonyl (C=O) groups is 2. The van der Waals surface area contributed by atoms with Crippen molar-refractivity contribution in [1.82, 2.24) is 20.7 Å². The second-order valence-corrected chi connectivity index (χ2v) is 8.75. The number of nitrogens with zero attached hydrogens (tertiary/aromatic N) is 2. The van der Waals surface area contributed by atoms with Crippen LogP contribution in [0.5, 0.6) is 5.75 Å². The summed E-state index contributed by atoms with van der Waals surface area (Å²) >= 11 is 0. The Kier molecular flexibility index (Phi) is 7.74. The van der Waals surface area contributed by atoms with E-state index in [1.165, 1.54) is 0 Å². The van der Waals surface area contributed by atoms with Gasteiger partial charge in [0, 0.05) is 35.3 Å². The van der Waals surface area contributed by atoms with Crippen LogP contribution in [0, 0.1) is 12.8 Å². The van der Waals surface area contributed by atoms with Gasteiger partial charge in [-0.3, -0.25) is 24.7 Å². The van der Waals surface area contributed by atoms with Crippen LogP contribution in [0.3, 0.4) is 0 Å². The fourth-order valence-corrected chi connectivity index (χ4v) is 4.54. The quantitative estimate of drug-likeness (QED) is 0.263. The van der Waals surface area contributed by atoms with Crippen molar-refractivity contribution in [3.8, 4) is 5.75 Å². The highest BCUT2D eigenvalue weighted by Crippen LogP contribution is 2.22. The number of piperidine rings is 1. The Labute approximate surface area is 204 Å². The van der Waals surface area contributed by atoms with Crippen molar-refractivity contribution >= 4 is 22.7 Å². The predicted molar refractivity (Wildman–Crippen MR) is 133 cm³/mol. The lowest BCUT2D eigenvalue weighted by molar-refractivity contribution is -0.135. The first kappa shape index (κ1) is 24.4. The zero-order valence-corrected chi connectivity index (χ0v) is 19.7. The molecule has 1 saturated heterocycles. The second kappa shape index (κ2) is 11.1. The Morgan fingerprint density at radius 2 is 2.00 bits per heavy atom. The highest BCUT2D eigenvalue weighted by atomic mass is 16.5. The molecule has 3 aromatic rings. The molecule has 0 spiro atoms. The number of rotatable bonds is 8. The fourth-order valence-electron chi connectivity index (χ4n) is 4.54. The van der Waals surface area contributed by atoms with E-state index in [9.17, 15) is 9.59 Å². The van der Waals surface area contributed by atoms with E-state index in [2.05, 4.69) is 21.8 Å². The summed E-state index contributed by atoms with van der Waals surface area (Å²) in [4.78, 5) is 31.7. The fraction of sp³-hybridized carbons (Fsp3) is 0.296. The van der Waals surface area contributed by atoms with Gasteiger partial charge < -0.3 is 10.1 Å². The van der Waals surface area contributed by atoms with E-state index in [0.717, 1.165) is 22.2 Å². The van der Waals surface area contributed by atoms with Gasteiger partial charge in [0.2, 0.25) is 5.91 Å². The first-order chi connectivity index (χ1) is 17.0. The lowest BCUT2D eigenvalue weighted by Gasteiger charge is -2.37. The van der Waals surface area contributed by atoms with Gasteiger partial charge in [0.25, 0.3) is 5.91 Å². The number of hydrogen-bond acceptors (Lipinski definition) is 6. The Balaban J connectivity index is 1.41. The van der Waals surface area contributed by atoms with Crippen molar-refractivity contribution in [1.29, 1.82) is 0 Å². The lowest BCUT2D eigenvalue weighted by Crippen LogP contribution is -2.56. The van der Waals surface area contributed by atoms with E-state index < -0.39 is 17.9 Å². The summed E-state index contributed by atoms with van der Waals surface area (Å²) in [6.07, 6.45) is 2.32. The molecule has 2 amide bonds. The van der Waals surface area contributed by atoms with Crippen molar-refractivity contribution in [2.24, 2.45) is 5.92 Å². The Morgan fingerprint density at radius 3 is 2.74 bits per heavy atom. The molecule has 1 aliphatic rings. The molecular formula is C27H30N4O4. The molecule has 35 heavy (non-hydrogen) atoms. The number of likely N-dealkylation sites (tertiary alicyclic amines) is 1. The molecule has 2 heterocycles. The summed E-state index contributed by atoms with van der Waals surface area (Å²) < 4.78 is 5.99. The van der Waals surface area contributed by atoms with Gasteiger partial charge in [-0.15, -0.1) is 6.58 Å². The maximum absolute atomic E-state index is 12.9. The summed E-state index contributed by atoms with van der Waals surface area (Å²) in [5.41, 5.74) is 5.09. The number of benzene rings is 2. The number of amides is 2. The Bertz CT molecular complexity index is 1210. The summed E-state index contributed by atoms with van der Waals surface area (Å²) in [6, 6.07) is 16.5. The van der Waals surface area contributed by atoms with E-state index in [4.69, 9.17) is 9.94 Å². The van der Waals surface area contributed by atoms with E-state index in [0.29, 0.717) is 44.0 Å². The maximum atomic E-state index is 12.9. The summed E-state index contributed by atoms with van der Waals surface area (Å²) in [5.74, 6) is -0.636. The first-order valence-corrected chi connectivity index (χ1v) is 11.6. The third kappa shape index (κ3) is 5.85. The number of ether oxygens (including phenoxy) is 1. The summed E-state index contributed by atoms with van der Waals surface area (Å²) in [6.45, 7) is 7.95. The number of hydrogen-bond donors (Lipinski definition) is 3. The van der Waals surface area contributed by atoms with Gasteiger partial charge in [0.15, 0.2) is 0 Å². The van der Waals surface area contributed by atoms with Crippen molar-refractivity contribution in [3.05, 3.63) is 84.1 Å². The lowest BCUT2D eigenvalue weighted by atomic mass is 9.90. The molecule has 182 valence electrons. The van der Waals surface area contributed by atoms with Crippen molar-refractivity contribution in [2.45, 2.75) is 26.0 Å². The number of nitrogens with one attached hydrogen (secondary N) is 2. The highest BCUT2D eigenvalue weighted by Gasteiger charge is 2.34. The van der Waals surface area contributed by atoms with Crippen LogP contribution in [0.1, 0.15) is 28.0 Å². The summed E-state index contributed by atoms with van der Waals surface area (Å²) in [5, 5.41) is 13.1. The van der Waals surface area contributed by atoms with E-state index >= 15 is 0 Å². The average molecular weight is 475 g/mol. The molecule has 8 heteroatoms. The Morgan fingerprint density at radius 1 is 1.23 bits per heavy atom. The first-order valence-electron chi connectivity index (χ1n) is 11.6. The predicted octanol–water partition coefficient (Wildman–Crippen LogP) is 3.23. The molecule has 0 saturated carbocycles. The number of hydroxylamine groups is 1. The van der Waals surface area contributed by atoms with Crippen molar-refractivity contribution in [2.75, 3.05) is 19.6 Å². The zero-order chi connectivity index (χ0) is 24.8. The number of carbonyl (C=O) groups excluding carboxylic acids is 2. The molecule has 8 nitrogen and oxygen atoms in total. The highest BCUT2D eigenvalue weighted by molar-refractivity contribution is 5.95. The molecule has 0 bridgehead atoms. The third-order valence-corrected chi connectivity index (χ3v) is 6.29. The minimum atomic E-state index is -0.508. The number of fused-ring (bicyclic) bond motifs is 1. The topological polar surface area (TPSA) is 104 Å². The van der Waals surface area contributed by atoms with Gasteiger partial charge in [-0.05, 0) is 56.3 Å². The maximum Gasteiger partial charge on any atom is 0.251 e. The molecular weight excluding hydrogens is 444 g/mol. The normalized spacial score (nSPS) is 18.1. The van der Waals surface area contributed by atoms with E-state index in [-0.39, 0.29) is 5.91 Å². The zero-order valence-electron chi connectivity index (χ0n) is 19.7. The van der Waals surface area contributed by atoms with E-state index in [1.54, 1.807) is 35.8 Å². The van der Waals surface area contributed by atoms with Crippen LogP contribution in [0.15, 0.2) is 67.3 Å². The van der Waals surface area contributed by atoms with Crippen LogP contribution >= 0.6 is 0 Å². The van der Waals surface area contributed by atoms with Crippen LogP contribution in [0.25, 0.3) is 10.9 Å². The van der Waals surface area contributed by atoms with Crippen molar-refractivity contribution in [3.63, 3.8) is 0 Å². The molecule has 0 radical (unpaired) electrons. The standard InChI is InChI=1S/C27H30N4O4/c1-3-13-31-14-12-23(27(33)30-34)25(16-31)29-26(32)19-8-10-21(11-9-19)35-17-20-15-18(2)28-24-7-5-4-6-22(20)24/h3-11,15,23,25,34H,1,12-14,16-17H2,2H3,(H,29,32)(H,30,33)/t23-,25+/m0/s1. The van der Waals surface area contributed by atoms with Crippen LogP contribution in [0.4, 0.5) is 0 Å². The van der Waals surface area contributed by atoms with Crippen LogP contribution in [-0.4, -0.2) is 52.6 Å². The smallest absolute Gasteiger partial charge is 0.251 e. The Hall–Kier alpha value is -3.75. The third-order valence-electron chi connectivity index (χ3n) is 6.29. The van der Waals surface area contributed by atoms with Gasteiger partial charge in [0.05, 0.1) is 17.5 Å². The minimum absolute atomic E-state index is 0.284.